The van der Waals surface area contributed by atoms with Crippen LogP contribution in [0.25, 0.3) is 0 Å². The molecule has 0 aromatic rings. The molecule has 0 fully saturated rings. The standard InChI is InChI=1S/C6H17N3/c1-6-8(4)9(5)7(2)3/h6H2,1-5H3. The molecule has 3 nitrogen and oxygen atoms in total. The number of nitrogens with zero attached hydrogens (tertiary/aromatic N) is 3. The second-order valence-electron chi connectivity index (χ2n) is 2.31. The van der Waals surface area contributed by atoms with E-state index in [4.69, 9.17) is 0 Å². The smallest absolute Gasteiger partial charge is 0.0179 e. The summed E-state index contributed by atoms with van der Waals surface area (Å²) < 4.78 is 0. The molecule has 0 saturated carbocycles. The quantitative estimate of drug-likeness (QED) is 0.509. The molecule has 0 aliphatic heterocycles. The first-order valence-corrected chi connectivity index (χ1v) is 3.21. The summed E-state index contributed by atoms with van der Waals surface area (Å²) in [5.41, 5.74) is 0. The molecule has 56 valence electrons. The van der Waals surface area contributed by atoms with Gasteiger partial charge in [-0.1, -0.05) is 6.92 Å². The topological polar surface area (TPSA) is 9.72 Å². The Morgan fingerprint density at radius 1 is 1.00 bits per heavy atom. The molecular weight excluding hydrogens is 114 g/mol. The third-order valence-corrected chi connectivity index (χ3v) is 1.53. The Morgan fingerprint density at radius 3 is 1.56 bits per heavy atom. The van der Waals surface area contributed by atoms with Crippen LogP contribution in [0.15, 0.2) is 0 Å². The van der Waals surface area contributed by atoms with E-state index in [-0.39, 0.29) is 0 Å². The average molecular weight is 131 g/mol. The van der Waals surface area contributed by atoms with Crippen LogP contribution >= 0.6 is 0 Å². The zero-order valence-corrected chi connectivity index (χ0v) is 7.05. The van der Waals surface area contributed by atoms with E-state index in [0.29, 0.717) is 0 Å². The minimum atomic E-state index is 1.04. The van der Waals surface area contributed by atoms with Crippen molar-refractivity contribution >= 4 is 0 Å². The van der Waals surface area contributed by atoms with Crippen LogP contribution < -0.4 is 0 Å². The van der Waals surface area contributed by atoms with Crippen LogP contribution in [-0.2, 0) is 0 Å². The van der Waals surface area contributed by atoms with E-state index in [9.17, 15) is 0 Å². The molecule has 0 amide bonds. The first-order valence-electron chi connectivity index (χ1n) is 3.21. The fourth-order valence-corrected chi connectivity index (χ4v) is 0.510. The highest BCUT2D eigenvalue weighted by Gasteiger charge is 2.02. The first-order chi connectivity index (χ1) is 4.09. The molecule has 0 aromatic heterocycles. The van der Waals surface area contributed by atoms with E-state index in [0.717, 1.165) is 6.54 Å². The summed E-state index contributed by atoms with van der Waals surface area (Å²) >= 11 is 0. The molecule has 0 rings (SSSR count). The average Bonchev–Trinajstić information content (AvgIpc) is 1.84. The van der Waals surface area contributed by atoms with Gasteiger partial charge in [-0.05, 0) is 0 Å². The molecule has 0 radical (unpaired) electrons. The number of hydrazine groups is 2. The van der Waals surface area contributed by atoms with Crippen molar-refractivity contribution in [3.63, 3.8) is 0 Å². The maximum Gasteiger partial charge on any atom is 0.0179 e. The molecule has 3 heteroatoms. The molecule has 0 bridgehead atoms. The van der Waals surface area contributed by atoms with Gasteiger partial charge in [-0.3, -0.25) is 0 Å². The SMILES string of the molecule is CCN(C)N(C)N(C)C. The number of hydrogen-bond acceptors (Lipinski definition) is 3. The lowest BCUT2D eigenvalue weighted by atomic mass is 10.7. The maximum atomic E-state index is 2.12. The van der Waals surface area contributed by atoms with Gasteiger partial charge in [0, 0.05) is 34.7 Å². The van der Waals surface area contributed by atoms with Crippen LogP contribution in [0.5, 0.6) is 0 Å². The Kier molecular flexibility index (Phi) is 3.77. The predicted molar refractivity (Wildman–Crippen MR) is 39.8 cm³/mol. The Balaban J connectivity index is 3.58. The molecule has 0 N–H and O–H groups in total. The van der Waals surface area contributed by atoms with Crippen molar-refractivity contribution in [1.82, 2.24) is 15.1 Å². The van der Waals surface area contributed by atoms with Gasteiger partial charge in [0.25, 0.3) is 0 Å². The molecule has 0 aromatic carbocycles. The minimum absolute atomic E-state index is 1.04. The van der Waals surface area contributed by atoms with Gasteiger partial charge in [-0.2, -0.15) is 5.12 Å². The molecular formula is C6H17N3. The molecule has 0 saturated heterocycles. The third-order valence-electron chi connectivity index (χ3n) is 1.53. The van der Waals surface area contributed by atoms with Crippen molar-refractivity contribution in [3.8, 4) is 0 Å². The van der Waals surface area contributed by atoms with E-state index in [1.807, 2.05) is 26.2 Å². The van der Waals surface area contributed by atoms with Crippen LogP contribution in [0.1, 0.15) is 6.92 Å². The minimum Gasteiger partial charge on any atom is -0.234 e. The van der Waals surface area contributed by atoms with Crippen LogP contribution in [-0.4, -0.2) is 49.9 Å². The summed E-state index contributed by atoms with van der Waals surface area (Å²) in [6, 6.07) is 0. The summed E-state index contributed by atoms with van der Waals surface area (Å²) in [5.74, 6) is 0. The highest BCUT2D eigenvalue weighted by Crippen LogP contribution is 1.89. The van der Waals surface area contributed by atoms with Crippen LogP contribution in [0.3, 0.4) is 0 Å². The predicted octanol–water partition coefficient (Wildman–Crippen LogP) is 0.262. The van der Waals surface area contributed by atoms with Crippen molar-refractivity contribution in [2.24, 2.45) is 0 Å². The van der Waals surface area contributed by atoms with Gasteiger partial charge < -0.3 is 0 Å². The number of hydrogen-bond donors (Lipinski definition) is 0. The highest BCUT2D eigenvalue weighted by atomic mass is 15.8. The first kappa shape index (κ1) is 8.88. The normalized spacial score (nSPS) is 12.0. The lowest BCUT2D eigenvalue weighted by Gasteiger charge is -2.32. The molecule has 0 heterocycles. The largest absolute Gasteiger partial charge is 0.234 e. The summed E-state index contributed by atoms with van der Waals surface area (Å²) in [4.78, 5) is 0. The van der Waals surface area contributed by atoms with Gasteiger partial charge in [0.2, 0.25) is 0 Å². The van der Waals surface area contributed by atoms with E-state index in [1.165, 1.54) is 0 Å². The highest BCUT2D eigenvalue weighted by molar-refractivity contribution is 4.35. The monoisotopic (exact) mass is 131 g/mol. The zero-order chi connectivity index (χ0) is 7.44. The molecule has 9 heavy (non-hydrogen) atoms. The van der Waals surface area contributed by atoms with E-state index >= 15 is 0 Å². The molecule has 0 unspecified atom stereocenters. The second kappa shape index (κ2) is 3.82. The Labute approximate surface area is 57.8 Å². The van der Waals surface area contributed by atoms with E-state index in [2.05, 4.69) is 24.1 Å². The van der Waals surface area contributed by atoms with E-state index in [1.54, 1.807) is 0 Å². The summed E-state index contributed by atoms with van der Waals surface area (Å²) in [6.07, 6.45) is 0. The van der Waals surface area contributed by atoms with Crippen LogP contribution in [0, 0.1) is 0 Å². The van der Waals surface area contributed by atoms with Crippen molar-refractivity contribution in [2.45, 2.75) is 6.92 Å². The summed E-state index contributed by atoms with van der Waals surface area (Å²) in [5, 5.41) is 6.21. The molecule has 0 aliphatic carbocycles. The Hall–Kier alpha value is -0.120. The van der Waals surface area contributed by atoms with Gasteiger partial charge >= 0.3 is 0 Å². The fourth-order valence-electron chi connectivity index (χ4n) is 0.510. The van der Waals surface area contributed by atoms with Gasteiger partial charge in [0.1, 0.15) is 0 Å². The Morgan fingerprint density at radius 2 is 1.44 bits per heavy atom. The second-order valence-corrected chi connectivity index (χ2v) is 2.31. The Bertz CT molecular complexity index is 72.7. The van der Waals surface area contributed by atoms with Crippen molar-refractivity contribution < 1.29 is 0 Å². The molecule has 0 aliphatic rings. The van der Waals surface area contributed by atoms with Gasteiger partial charge in [0.05, 0.1) is 0 Å². The molecule has 0 atom stereocenters. The van der Waals surface area contributed by atoms with Crippen LogP contribution in [0.2, 0.25) is 0 Å². The van der Waals surface area contributed by atoms with Crippen LogP contribution in [0.4, 0.5) is 0 Å². The maximum absolute atomic E-state index is 2.12. The van der Waals surface area contributed by atoms with Gasteiger partial charge in [0.15, 0.2) is 0 Å². The summed E-state index contributed by atoms with van der Waals surface area (Å²) in [7, 11) is 8.13. The van der Waals surface area contributed by atoms with Gasteiger partial charge in [-0.25, -0.2) is 10.0 Å². The summed E-state index contributed by atoms with van der Waals surface area (Å²) in [6.45, 7) is 3.16. The zero-order valence-electron chi connectivity index (χ0n) is 7.05. The van der Waals surface area contributed by atoms with Gasteiger partial charge in [-0.15, -0.1) is 0 Å². The number of rotatable bonds is 3. The lowest BCUT2D eigenvalue weighted by molar-refractivity contribution is -0.122. The van der Waals surface area contributed by atoms with E-state index < -0.39 is 0 Å². The fraction of sp³-hybridized carbons (Fsp3) is 1.00. The van der Waals surface area contributed by atoms with Crippen molar-refractivity contribution in [2.75, 3.05) is 34.7 Å². The lowest BCUT2D eigenvalue weighted by Crippen LogP contribution is -2.45. The van der Waals surface area contributed by atoms with Crippen molar-refractivity contribution in [1.29, 1.82) is 0 Å². The van der Waals surface area contributed by atoms with Crippen molar-refractivity contribution in [3.05, 3.63) is 0 Å². The third kappa shape index (κ3) is 2.79. The molecule has 0 spiro atoms.